The average molecular weight is 208 g/mol. The molecule has 0 aromatic heterocycles. The van der Waals surface area contributed by atoms with Crippen molar-refractivity contribution in [3.8, 4) is 0 Å². The van der Waals surface area contributed by atoms with Gasteiger partial charge in [-0.15, -0.1) is 0 Å². The van der Waals surface area contributed by atoms with Gasteiger partial charge in [0, 0.05) is 6.42 Å². The van der Waals surface area contributed by atoms with Crippen LogP contribution >= 0.6 is 0 Å². The maximum absolute atomic E-state index is 13.0. The summed E-state index contributed by atoms with van der Waals surface area (Å²) in [6.07, 6.45) is 5.52. The summed E-state index contributed by atoms with van der Waals surface area (Å²) in [6.45, 7) is 6.74. The standard InChI is InChI=1S/C12H13FO2/c1-8(7-12(13)9(2)14)10-3-5-11(15)6-4-10/h3,5,7,14-15H,1-2,4,6H2/b12-7+. The number of halogens is 1. The Balaban J connectivity index is 2.79. The molecule has 2 nitrogen and oxygen atoms in total. The zero-order valence-electron chi connectivity index (χ0n) is 8.33. The van der Waals surface area contributed by atoms with Crippen LogP contribution in [0.1, 0.15) is 12.8 Å². The van der Waals surface area contributed by atoms with Crippen LogP contribution in [0.2, 0.25) is 0 Å². The van der Waals surface area contributed by atoms with E-state index in [-0.39, 0.29) is 0 Å². The number of allylic oxidation sites excluding steroid dienone is 7. The second kappa shape index (κ2) is 4.64. The molecule has 1 rings (SSSR count). The van der Waals surface area contributed by atoms with Crippen LogP contribution in [0.5, 0.6) is 0 Å². The van der Waals surface area contributed by atoms with E-state index in [2.05, 4.69) is 13.2 Å². The highest BCUT2D eigenvalue weighted by molar-refractivity contribution is 5.43. The molecule has 0 aliphatic heterocycles. The van der Waals surface area contributed by atoms with Crippen molar-refractivity contribution in [3.05, 3.63) is 59.9 Å². The third kappa shape index (κ3) is 3.13. The monoisotopic (exact) mass is 208 g/mol. The van der Waals surface area contributed by atoms with Crippen LogP contribution in [0, 0.1) is 0 Å². The molecule has 0 saturated carbocycles. The SMILES string of the molecule is C=C(/C=C(/F)C(=C)O)C1=CC=C(O)CC1. The lowest BCUT2D eigenvalue weighted by molar-refractivity contribution is 0.386. The van der Waals surface area contributed by atoms with E-state index in [0.29, 0.717) is 24.2 Å². The Morgan fingerprint density at radius 1 is 1.33 bits per heavy atom. The zero-order chi connectivity index (χ0) is 11.4. The maximum atomic E-state index is 13.0. The van der Waals surface area contributed by atoms with Crippen LogP contribution in [0.15, 0.2) is 59.9 Å². The van der Waals surface area contributed by atoms with Crippen LogP contribution in [0.3, 0.4) is 0 Å². The van der Waals surface area contributed by atoms with Gasteiger partial charge in [-0.05, 0) is 29.7 Å². The van der Waals surface area contributed by atoms with Crippen molar-refractivity contribution >= 4 is 0 Å². The number of aliphatic hydroxyl groups is 2. The topological polar surface area (TPSA) is 40.5 Å². The predicted octanol–water partition coefficient (Wildman–Crippen LogP) is 3.63. The molecule has 80 valence electrons. The quantitative estimate of drug-likeness (QED) is 0.549. The number of hydrogen-bond donors (Lipinski definition) is 2. The fraction of sp³-hybridized carbons (Fsp3) is 0.167. The summed E-state index contributed by atoms with van der Waals surface area (Å²) in [5, 5.41) is 17.9. The smallest absolute Gasteiger partial charge is 0.164 e. The van der Waals surface area contributed by atoms with Crippen LogP contribution in [0.25, 0.3) is 0 Å². The van der Waals surface area contributed by atoms with Crippen molar-refractivity contribution in [2.75, 3.05) is 0 Å². The lowest BCUT2D eigenvalue weighted by Crippen LogP contribution is -1.94. The molecule has 0 spiro atoms. The third-order valence-electron chi connectivity index (χ3n) is 2.12. The molecule has 0 amide bonds. The second-order valence-electron chi connectivity index (χ2n) is 3.31. The summed E-state index contributed by atoms with van der Waals surface area (Å²) in [5.74, 6) is -1.09. The van der Waals surface area contributed by atoms with Crippen molar-refractivity contribution in [1.82, 2.24) is 0 Å². The fourth-order valence-electron chi connectivity index (χ4n) is 1.22. The van der Waals surface area contributed by atoms with E-state index in [1.807, 2.05) is 0 Å². The molecule has 3 heteroatoms. The normalized spacial score (nSPS) is 16.7. The van der Waals surface area contributed by atoms with Crippen molar-refractivity contribution in [2.24, 2.45) is 0 Å². The van der Waals surface area contributed by atoms with E-state index in [0.717, 1.165) is 11.6 Å². The van der Waals surface area contributed by atoms with Gasteiger partial charge in [0.15, 0.2) is 5.83 Å². The Kier molecular flexibility index (Phi) is 3.50. The molecule has 0 bridgehead atoms. The molecule has 1 aliphatic carbocycles. The first kappa shape index (κ1) is 11.3. The minimum absolute atomic E-state index is 0.308. The third-order valence-corrected chi connectivity index (χ3v) is 2.12. The van der Waals surface area contributed by atoms with Crippen LogP contribution in [-0.4, -0.2) is 10.2 Å². The summed E-state index contributed by atoms with van der Waals surface area (Å²) < 4.78 is 13.0. The van der Waals surface area contributed by atoms with Gasteiger partial charge in [-0.3, -0.25) is 0 Å². The molecule has 0 fully saturated rings. The summed E-state index contributed by atoms with van der Waals surface area (Å²) >= 11 is 0. The van der Waals surface area contributed by atoms with Crippen LogP contribution in [0.4, 0.5) is 4.39 Å². The molecule has 2 N–H and O–H groups in total. The summed E-state index contributed by atoms with van der Waals surface area (Å²) in [7, 11) is 0. The van der Waals surface area contributed by atoms with Crippen molar-refractivity contribution in [2.45, 2.75) is 12.8 Å². The van der Waals surface area contributed by atoms with Gasteiger partial charge in [0.1, 0.15) is 5.76 Å². The highest BCUT2D eigenvalue weighted by Gasteiger charge is 2.08. The van der Waals surface area contributed by atoms with E-state index in [1.165, 1.54) is 0 Å². The molecule has 0 saturated heterocycles. The molecule has 0 radical (unpaired) electrons. The van der Waals surface area contributed by atoms with Gasteiger partial charge < -0.3 is 10.2 Å². The Hall–Kier alpha value is -1.77. The first-order valence-electron chi connectivity index (χ1n) is 4.54. The highest BCUT2D eigenvalue weighted by atomic mass is 19.1. The van der Waals surface area contributed by atoms with E-state index >= 15 is 0 Å². The number of rotatable bonds is 3. The van der Waals surface area contributed by atoms with Gasteiger partial charge in [0.2, 0.25) is 0 Å². The second-order valence-corrected chi connectivity index (χ2v) is 3.31. The Morgan fingerprint density at radius 2 is 2.00 bits per heavy atom. The van der Waals surface area contributed by atoms with Crippen molar-refractivity contribution in [1.29, 1.82) is 0 Å². The minimum atomic E-state index is -0.792. The van der Waals surface area contributed by atoms with Gasteiger partial charge in [-0.2, -0.15) is 0 Å². The van der Waals surface area contributed by atoms with E-state index in [9.17, 15) is 4.39 Å². The van der Waals surface area contributed by atoms with Gasteiger partial charge in [-0.1, -0.05) is 19.2 Å². The van der Waals surface area contributed by atoms with Crippen molar-refractivity contribution in [3.63, 3.8) is 0 Å². The van der Waals surface area contributed by atoms with E-state index in [4.69, 9.17) is 10.2 Å². The first-order valence-corrected chi connectivity index (χ1v) is 4.54. The Bertz CT molecular complexity index is 386. The Labute approximate surface area is 88.1 Å². The molecule has 1 aliphatic rings. The predicted molar refractivity (Wildman–Crippen MR) is 58.1 cm³/mol. The van der Waals surface area contributed by atoms with Gasteiger partial charge in [0.05, 0.1) is 5.76 Å². The van der Waals surface area contributed by atoms with Crippen molar-refractivity contribution < 1.29 is 14.6 Å². The maximum Gasteiger partial charge on any atom is 0.164 e. The lowest BCUT2D eigenvalue weighted by Gasteiger charge is -2.11. The van der Waals surface area contributed by atoms with Crippen LogP contribution < -0.4 is 0 Å². The summed E-state index contributed by atoms with van der Waals surface area (Å²) in [6, 6.07) is 0. The Morgan fingerprint density at radius 3 is 2.47 bits per heavy atom. The highest BCUT2D eigenvalue weighted by Crippen LogP contribution is 2.24. The molecule has 0 heterocycles. The number of hydrogen-bond acceptors (Lipinski definition) is 2. The van der Waals surface area contributed by atoms with Gasteiger partial charge >= 0.3 is 0 Å². The van der Waals surface area contributed by atoms with E-state index < -0.39 is 11.6 Å². The van der Waals surface area contributed by atoms with Gasteiger partial charge in [0.25, 0.3) is 0 Å². The largest absolute Gasteiger partial charge is 0.512 e. The number of aliphatic hydroxyl groups excluding tert-OH is 2. The van der Waals surface area contributed by atoms with E-state index in [1.54, 1.807) is 12.2 Å². The average Bonchev–Trinajstić information content (AvgIpc) is 2.18. The fourth-order valence-corrected chi connectivity index (χ4v) is 1.22. The molecule has 0 aromatic rings. The summed E-state index contributed by atoms with van der Waals surface area (Å²) in [4.78, 5) is 0. The zero-order valence-corrected chi connectivity index (χ0v) is 8.33. The summed E-state index contributed by atoms with van der Waals surface area (Å²) in [5.41, 5.74) is 1.32. The molecule has 0 unspecified atom stereocenters. The van der Waals surface area contributed by atoms with Gasteiger partial charge in [-0.25, -0.2) is 4.39 Å². The molecule has 15 heavy (non-hydrogen) atoms. The molecule has 0 aromatic carbocycles. The first-order chi connectivity index (χ1) is 7.00. The molecule has 0 atom stereocenters. The van der Waals surface area contributed by atoms with Crippen LogP contribution in [-0.2, 0) is 0 Å². The molecular formula is C12H13FO2. The minimum Gasteiger partial charge on any atom is -0.512 e. The molecular weight excluding hydrogens is 195 g/mol. The lowest BCUT2D eigenvalue weighted by atomic mass is 9.97.